The molecule has 3 N–H and O–H groups in total. The van der Waals surface area contributed by atoms with Gasteiger partial charge in [0.2, 0.25) is 0 Å². The van der Waals surface area contributed by atoms with Gasteiger partial charge in [-0.1, -0.05) is 52.0 Å². The number of urea groups is 1. The highest BCUT2D eigenvalue weighted by atomic mass is 16.2. The lowest BCUT2D eigenvalue weighted by molar-refractivity contribution is -0.719. The molecule has 1 saturated heterocycles. The van der Waals surface area contributed by atoms with Crippen LogP contribution >= 0.6 is 0 Å². The summed E-state index contributed by atoms with van der Waals surface area (Å²) in [6.07, 6.45) is 1.13. The number of quaternary nitrogens is 1. The summed E-state index contributed by atoms with van der Waals surface area (Å²) >= 11 is 0. The fourth-order valence-corrected chi connectivity index (χ4v) is 3.32. The summed E-state index contributed by atoms with van der Waals surface area (Å²) in [6, 6.07) is 8.40. The van der Waals surface area contributed by atoms with Crippen LogP contribution in [-0.4, -0.2) is 36.0 Å². The van der Waals surface area contributed by atoms with Crippen molar-refractivity contribution >= 4 is 11.9 Å². The molecular formula is C20H32N3O2+. The maximum absolute atomic E-state index is 12.6. The molecule has 1 aromatic rings. The molecule has 5 heteroatoms. The maximum atomic E-state index is 12.6. The average Bonchev–Trinajstić information content (AvgIpc) is 3.03. The van der Waals surface area contributed by atoms with Crippen molar-refractivity contribution in [3.63, 3.8) is 0 Å². The summed E-state index contributed by atoms with van der Waals surface area (Å²) in [5, 5.41) is 4.78. The standard InChI is InChI=1S/C20H31N3O2/c1-6-14(4)16-7-9-17(10-8-16)18(13(2)3)22-15(5)19(24)23-12-11-21-20(23)25/h7-10,13-15,18,22H,6,11-12H2,1-5H3,(H,21,25)/p+1/t14-,15-,18+/m0/s1. The minimum atomic E-state index is -0.287. The van der Waals surface area contributed by atoms with E-state index in [-0.39, 0.29) is 24.0 Å². The van der Waals surface area contributed by atoms with Crippen molar-refractivity contribution in [1.82, 2.24) is 10.2 Å². The largest absolute Gasteiger partial charge is 0.336 e. The number of nitrogens with two attached hydrogens (primary N) is 1. The molecule has 3 atom stereocenters. The van der Waals surface area contributed by atoms with Gasteiger partial charge < -0.3 is 10.6 Å². The molecule has 1 aromatic carbocycles. The van der Waals surface area contributed by atoms with Gasteiger partial charge in [-0.05, 0) is 24.8 Å². The molecule has 1 fully saturated rings. The zero-order valence-corrected chi connectivity index (χ0v) is 16.1. The predicted molar refractivity (Wildman–Crippen MR) is 99.2 cm³/mol. The smallest absolute Gasteiger partial charge is 0.324 e. The molecule has 0 aliphatic carbocycles. The monoisotopic (exact) mass is 346 g/mol. The molecule has 2 rings (SSSR count). The quantitative estimate of drug-likeness (QED) is 0.796. The van der Waals surface area contributed by atoms with Gasteiger partial charge in [0, 0.05) is 24.6 Å². The molecule has 0 unspecified atom stereocenters. The van der Waals surface area contributed by atoms with Gasteiger partial charge in [-0.3, -0.25) is 9.69 Å². The van der Waals surface area contributed by atoms with Crippen molar-refractivity contribution in [1.29, 1.82) is 0 Å². The third-order valence-corrected chi connectivity index (χ3v) is 5.23. The van der Waals surface area contributed by atoms with Gasteiger partial charge in [0.05, 0.1) is 0 Å². The molecule has 5 nitrogen and oxygen atoms in total. The first-order chi connectivity index (χ1) is 11.8. The summed E-state index contributed by atoms with van der Waals surface area (Å²) in [5.74, 6) is 0.832. The Bertz CT molecular complexity index is 597. The van der Waals surface area contributed by atoms with E-state index in [0.717, 1.165) is 6.42 Å². The molecular weight excluding hydrogens is 314 g/mol. The number of nitrogens with zero attached hydrogens (tertiary/aromatic N) is 1. The maximum Gasteiger partial charge on any atom is 0.324 e. The molecule has 1 aliphatic heterocycles. The molecule has 1 heterocycles. The molecule has 138 valence electrons. The van der Waals surface area contributed by atoms with Gasteiger partial charge in [-0.2, -0.15) is 0 Å². The van der Waals surface area contributed by atoms with Crippen molar-refractivity contribution < 1.29 is 14.9 Å². The second kappa shape index (κ2) is 8.48. The van der Waals surface area contributed by atoms with Crippen molar-refractivity contribution in [2.45, 2.75) is 59.0 Å². The van der Waals surface area contributed by atoms with Gasteiger partial charge in [-0.25, -0.2) is 4.79 Å². The Kier molecular flexibility index (Phi) is 6.59. The number of carbonyl (C=O) groups is 2. The first-order valence-electron chi connectivity index (χ1n) is 9.39. The van der Waals surface area contributed by atoms with Gasteiger partial charge in [-0.15, -0.1) is 0 Å². The second-order valence-electron chi connectivity index (χ2n) is 7.45. The number of imide groups is 1. The third kappa shape index (κ3) is 4.60. The topological polar surface area (TPSA) is 66.0 Å². The lowest BCUT2D eigenvalue weighted by atomic mass is 9.91. The van der Waals surface area contributed by atoms with Crippen molar-refractivity contribution in [3.8, 4) is 0 Å². The lowest BCUT2D eigenvalue weighted by Crippen LogP contribution is -2.93. The minimum Gasteiger partial charge on any atom is -0.336 e. The Morgan fingerprint density at radius 2 is 1.76 bits per heavy atom. The summed E-state index contributed by atoms with van der Waals surface area (Å²) in [6.45, 7) is 11.7. The Balaban J connectivity index is 2.10. The van der Waals surface area contributed by atoms with Crippen LogP contribution in [0.3, 0.4) is 0 Å². The van der Waals surface area contributed by atoms with Crippen LogP contribution in [0.2, 0.25) is 0 Å². The van der Waals surface area contributed by atoms with Crippen LogP contribution in [0.15, 0.2) is 24.3 Å². The first kappa shape index (κ1) is 19.4. The van der Waals surface area contributed by atoms with E-state index in [0.29, 0.717) is 24.9 Å². The van der Waals surface area contributed by atoms with Crippen LogP contribution < -0.4 is 10.6 Å². The minimum absolute atomic E-state index is 0.114. The number of hydrogen-bond acceptors (Lipinski definition) is 2. The first-order valence-corrected chi connectivity index (χ1v) is 9.39. The van der Waals surface area contributed by atoms with Crippen LogP contribution in [0.5, 0.6) is 0 Å². The summed E-state index contributed by atoms with van der Waals surface area (Å²) < 4.78 is 0. The van der Waals surface area contributed by atoms with E-state index in [1.807, 2.05) is 6.92 Å². The lowest BCUT2D eigenvalue weighted by Gasteiger charge is -2.25. The zero-order valence-electron chi connectivity index (χ0n) is 16.1. The van der Waals surface area contributed by atoms with E-state index in [9.17, 15) is 9.59 Å². The number of amides is 3. The third-order valence-electron chi connectivity index (χ3n) is 5.23. The molecule has 0 aromatic heterocycles. The van der Waals surface area contributed by atoms with E-state index >= 15 is 0 Å². The molecule has 0 saturated carbocycles. The number of carbonyl (C=O) groups excluding carboxylic acids is 2. The number of hydrogen-bond donors (Lipinski definition) is 2. The van der Waals surface area contributed by atoms with Crippen LogP contribution in [0, 0.1) is 5.92 Å². The van der Waals surface area contributed by atoms with E-state index in [4.69, 9.17) is 0 Å². The molecule has 0 bridgehead atoms. The normalized spacial score (nSPS) is 18.2. The van der Waals surface area contributed by atoms with Crippen molar-refractivity contribution in [2.24, 2.45) is 5.92 Å². The molecule has 1 aliphatic rings. The fourth-order valence-electron chi connectivity index (χ4n) is 3.32. The van der Waals surface area contributed by atoms with Gasteiger partial charge >= 0.3 is 6.03 Å². The van der Waals surface area contributed by atoms with E-state index in [1.54, 1.807) is 0 Å². The Labute approximate surface area is 151 Å². The highest BCUT2D eigenvalue weighted by Gasteiger charge is 2.34. The highest BCUT2D eigenvalue weighted by Crippen LogP contribution is 2.23. The highest BCUT2D eigenvalue weighted by molar-refractivity contribution is 5.97. The number of benzene rings is 1. The van der Waals surface area contributed by atoms with Crippen molar-refractivity contribution in [2.75, 3.05) is 13.1 Å². The Morgan fingerprint density at radius 3 is 2.24 bits per heavy atom. The second-order valence-corrected chi connectivity index (χ2v) is 7.45. The van der Waals surface area contributed by atoms with E-state index in [2.05, 4.69) is 62.6 Å². The molecule has 25 heavy (non-hydrogen) atoms. The van der Waals surface area contributed by atoms with Crippen LogP contribution in [-0.2, 0) is 4.79 Å². The van der Waals surface area contributed by atoms with Crippen LogP contribution in [0.4, 0.5) is 4.79 Å². The summed E-state index contributed by atoms with van der Waals surface area (Å²) in [5.41, 5.74) is 2.58. The Hall–Kier alpha value is -1.88. The van der Waals surface area contributed by atoms with Crippen LogP contribution in [0.1, 0.15) is 64.1 Å². The number of nitrogens with one attached hydrogen (secondary N) is 1. The van der Waals surface area contributed by atoms with Crippen molar-refractivity contribution in [3.05, 3.63) is 35.4 Å². The van der Waals surface area contributed by atoms with E-state index < -0.39 is 0 Å². The summed E-state index contributed by atoms with van der Waals surface area (Å²) in [4.78, 5) is 25.6. The molecule has 3 amide bonds. The number of rotatable bonds is 7. The molecule has 0 spiro atoms. The van der Waals surface area contributed by atoms with Crippen LogP contribution in [0.25, 0.3) is 0 Å². The Morgan fingerprint density at radius 1 is 1.16 bits per heavy atom. The van der Waals surface area contributed by atoms with Gasteiger partial charge in [0.25, 0.3) is 5.91 Å². The SMILES string of the molecule is CC[C@H](C)c1ccc([C@H]([NH2+][C@@H](C)C(=O)N2CCNC2=O)C(C)C)cc1. The summed E-state index contributed by atoms with van der Waals surface area (Å²) in [7, 11) is 0. The predicted octanol–water partition coefficient (Wildman–Crippen LogP) is 2.40. The molecule has 0 radical (unpaired) electrons. The van der Waals surface area contributed by atoms with Gasteiger partial charge in [0.15, 0.2) is 6.04 Å². The van der Waals surface area contributed by atoms with E-state index in [1.165, 1.54) is 16.0 Å². The zero-order chi connectivity index (χ0) is 18.6. The fraction of sp³-hybridized carbons (Fsp3) is 0.600. The van der Waals surface area contributed by atoms with Gasteiger partial charge in [0.1, 0.15) is 6.04 Å². The average molecular weight is 346 g/mol.